The smallest absolute Gasteiger partial charge is 0.434 e. The van der Waals surface area contributed by atoms with Crippen LogP contribution in [-0.2, 0) is 17.9 Å². The SMILES string of the molecule is COc1cc(CN(O)C(=O)OCc2cccnc2)ccn1. The molecule has 0 atom stereocenters. The molecule has 2 aromatic rings. The molecule has 2 heterocycles. The predicted octanol–water partition coefficient (Wildman–Crippen LogP) is 2.01. The second-order valence-electron chi connectivity index (χ2n) is 4.18. The topological polar surface area (TPSA) is 84.8 Å². The third kappa shape index (κ3) is 4.43. The summed E-state index contributed by atoms with van der Waals surface area (Å²) in [5.41, 5.74) is 1.41. The molecule has 0 spiro atoms. The van der Waals surface area contributed by atoms with Crippen LogP contribution in [0, 0.1) is 0 Å². The fourth-order valence-corrected chi connectivity index (χ4v) is 1.60. The van der Waals surface area contributed by atoms with Crippen LogP contribution in [0.5, 0.6) is 5.88 Å². The van der Waals surface area contributed by atoms with Gasteiger partial charge in [-0.1, -0.05) is 6.07 Å². The van der Waals surface area contributed by atoms with Gasteiger partial charge in [-0.15, -0.1) is 0 Å². The van der Waals surface area contributed by atoms with Crippen LogP contribution >= 0.6 is 0 Å². The van der Waals surface area contributed by atoms with Gasteiger partial charge >= 0.3 is 6.09 Å². The Morgan fingerprint density at radius 2 is 2.19 bits per heavy atom. The van der Waals surface area contributed by atoms with Crippen LogP contribution in [0.1, 0.15) is 11.1 Å². The van der Waals surface area contributed by atoms with E-state index in [0.717, 1.165) is 5.56 Å². The number of carbonyl (C=O) groups excluding carboxylic acids is 1. The van der Waals surface area contributed by atoms with E-state index >= 15 is 0 Å². The first kappa shape index (κ1) is 14.7. The summed E-state index contributed by atoms with van der Waals surface area (Å²) < 4.78 is 9.94. The number of hydrogen-bond acceptors (Lipinski definition) is 6. The highest BCUT2D eigenvalue weighted by Gasteiger charge is 2.13. The molecule has 0 fully saturated rings. The van der Waals surface area contributed by atoms with Gasteiger partial charge in [0.05, 0.1) is 13.7 Å². The van der Waals surface area contributed by atoms with Crippen LogP contribution in [0.4, 0.5) is 4.79 Å². The van der Waals surface area contributed by atoms with E-state index in [1.54, 1.807) is 36.7 Å². The van der Waals surface area contributed by atoms with Gasteiger partial charge in [0.25, 0.3) is 0 Å². The summed E-state index contributed by atoms with van der Waals surface area (Å²) in [5.74, 6) is 0.407. The zero-order valence-corrected chi connectivity index (χ0v) is 11.5. The van der Waals surface area contributed by atoms with Gasteiger partial charge in [0.15, 0.2) is 0 Å². The van der Waals surface area contributed by atoms with E-state index in [4.69, 9.17) is 9.47 Å². The van der Waals surface area contributed by atoms with Crippen molar-refractivity contribution in [1.82, 2.24) is 15.0 Å². The van der Waals surface area contributed by atoms with E-state index in [0.29, 0.717) is 16.5 Å². The lowest BCUT2D eigenvalue weighted by atomic mass is 10.2. The molecule has 0 bridgehead atoms. The third-order valence-electron chi connectivity index (χ3n) is 2.64. The zero-order chi connectivity index (χ0) is 15.1. The molecule has 0 radical (unpaired) electrons. The summed E-state index contributed by atoms with van der Waals surface area (Å²) in [4.78, 5) is 19.5. The number of methoxy groups -OCH3 is 1. The molecule has 0 saturated heterocycles. The number of hydroxylamine groups is 2. The fourth-order valence-electron chi connectivity index (χ4n) is 1.60. The molecule has 7 nitrogen and oxygen atoms in total. The van der Waals surface area contributed by atoms with Crippen LogP contribution in [-0.4, -0.2) is 33.4 Å². The molecule has 0 aliphatic carbocycles. The molecule has 0 saturated carbocycles. The first-order valence-corrected chi connectivity index (χ1v) is 6.20. The van der Waals surface area contributed by atoms with Gasteiger partial charge in [0.1, 0.15) is 6.61 Å². The van der Waals surface area contributed by atoms with Crippen LogP contribution in [0.3, 0.4) is 0 Å². The van der Waals surface area contributed by atoms with Crippen LogP contribution in [0.15, 0.2) is 42.9 Å². The summed E-state index contributed by atoms with van der Waals surface area (Å²) in [6.07, 6.45) is 3.90. The van der Waals surface area contributed by atoms with E-state index in [9.17, 15) is 10.0 Å². The quantitative estimate of drug-likeness (QED) is 0.669. The van der Waals surface area contributed by atoms with Gasteiger partial charge in [-0.2, -0.15) is 5.06 Å². The molecule has 0 unspecified atom stereocenters. The Balaban J connectivity index is 1.87. The van der Waals surface area contributed by atoms with E-state index in [1.807, 2.05) is 0 Å². The van der Waals surface area contributed by atoms with Crippen molar-refractivity contribution in [2.75, 3.05) is 7.11 Å². The second-order valence-corrected chi connectivity index (χ2v) is 4.18. The predicted molar refractivity (Wildman–Crippen MR) is 72.5 cm³/mol. The minimum Gasteiger partial charge on any atom is -0.481 e. The van der Waals surface area contributed by atoms with Crippen LogP contribution in [0.25, 0.3) is 0 Å². The highest BCUT2D eigenvalue weighted by atomic mass is 16.6. The number of aromatic nitrogens is 2. The molecule has 110 valence electrons. The fraction of sp³-hybridized carbons (Fsp3) is 0.214. The maximum absolute atomic E-state index is 11.7. The van der Waals surface area contributed by atoms with Gasteiger partial charge in [-0.3, -0.25) is 10.2 Å². The van der Waals surface area contributed by atoms with Crippen molar-refractivity contribution in [1.29, 1.82) is 0 Å². The van der Waals surface area contributed by atoms with E-state index in [2.05, 4.69) is 9.97 Å². The largest absolute Gasteiger partial charge is 0.481 e. The van der Waals surface area contributed by atoms with Crippen molar-refractivity contribution in [3.05, 3.63) is 54.0 Å². The molecule has 0 aromatic carbocycles. The molecule has 1 amide bonds. The monoisotopic (exact) mass is 289 g/mol. The average molecular weight is 289 g/mol. The number of carbonyl (C=O) groups is 1. The van der Waals surface area contributed by atoms with Crippen molar-refractivity contribution in [3.8, 4) is 5.88 Å². The van der Waals surface area contributed by atoms with Gasteiger partial charge in [-0.05, 0) is 17.7 Å². The number of nitrogens with zero attached hydrogens (tertiary/aromatic N) is 3. The first-order chi connectivity index (χ1) is 10.2. The molecule has 7 heteroatoms. The van der Waals surface area contributed by atoms with Gasteiger partial charge in [-0.25, -0.2) is 9.78 Å². The number of pyridine rings is 2. The summed E-state index contributed by atoms with van der Waals surface area (Å²) in [5, 5.41) is 10.2. The van der Waals surface area contributed by atoms with Crippen LogP contribution in [0.2, 0.25) is 0 Å². The number of hydrogen-bond donors (Lipinski definition) is 1. The van der Waals surface area contributed by atoms with E-state index in [-0.39, 0.29) is 13.2 Å². The standard InChI is InChI=1S/C14H15N3O4/c1-20-13-7-11(4-6-16-13)9-17(19)14(18)21-10-12-3-2-5-15-8-12/h2-8,19H,9-10H2,1H3. The van der Waals surface area contributed by atoms with Gasteiger partial charge in [0.2, 0.25) is 5.88 Å². The molecule has 1 N–H and O–H groups in total. The molecule has 2 rings (SSSR count). The lowest BCUT2D eigenvalue weighted by molar-refractivity contribution is -0.0828. The second kappa shape index (κ2) is 7.20. The van der Waals surface area contributed by atoms with E-state index < -0.39 is 6.09 Å². The summed E-state index contributed by atoms with van der Waals surface area (Å²) >= 11 is 0. The zero-order valence-electron chi connectivity index (χ0n) is 11.5. The molecular weight excluding hydrogens is 274 g/mol. The Kier molecular flexibility index (Phi) is 5.05. The normalized spacial score (nSPS) is 10.0. The van der Waals surface area contributed by atoms with Crippen LogP contribution < -0.4 is 4.74 Å². The minimum absolute atomic E-state index is 0.0231. The van der Waals surface area contributed by atoms with Gasteiger partial charge in [0, 0.05) is 30.2 Å². The Bertz CT molecular complexity index is 592. The highest BCUT2D eigenvalue weighted by Crippen LogP contribution is 2.11. The van der Waals surface area contributed by atoms with E-state index in [1.165, 1.54) is 13.3 Å². The Hall–Kier alpha value is -2.67. The summed E-state index contributed by atoms with van der Waals surface area (Å²) in [6.45, 7) is 0.0220. The Morgan fingerprint density at radius 3 is 2.90 bits per heavy atom. The summed E-state index contributed by atoms with van der Waals surface area (Å²) in [6, 6.07) is 6.80. The van der Waals surface area contributed by atoms with Crippen molar-refractivity contribution in [3.63, 3.8) is 0 Å². The molecule has 21 heavy (non-hydrogen) atoms. The van der Waals surface area contributed by atoms with Gasteiger partial charge < -0.3 is 9.47 Å². The number of ether oxygens (including phenoxy) is 2. The maximum atomic E-state index is 11.7. The van der Waals surface area contributed by atoms with Crippen molar-refractivity contribution >= 4 is 6.09 Å². The maximum Gasteiger partial charge on any atom is 0.434 e. The molecule has 2 aromatic heterocycles. The van der Waals surface area contributed by atoms with Crippen molar-refractivity contribution in [2.45, 2.75) is 13.2 Å². The Morgan fingerprint density at radius 1 is 1.33 bits per heavy atom. The number of amides is 1. The minimum atomic E-state index is -0.838. The van der Waals surface area contributed by atoms with Crippen molar-refractivity contribution in [2.24, 2.45) is 0 Å². The first-order valence-electron chi connectivity index (χ1n) is 6.20. The summed E-state index contributed by atoms with van der Waals surface area (Å²) in [7, 11) is 1.49. The van der Waals surface area contributed by atoms with Crippen molar-refractivity contribution < 1.29 is 19.5 Å². The lowest BCUT2D eigenvalue weighted by Gasteiger charge is -2.15. The lowest BCUT2D eigenvalue weighted by Crippen LogP contribution is -2.27. The molecule has 0 aliphatic heterocycles. The molecule has 0 aliphatic rings. The number of rotatable bonds is 5. The molecular formula is C14H15N3O4. The third-order valence-corrected chi connectivity index (χ3v) is 2.64. The highest BCUT2D eigenvalue weighted by molar-refractivity contribution is 5.66. The Labute approximate surface area is 121 Å². The average Bonchev–Trinajstić information content (AvgIpc) is 2.53.